The zero-order chi connectivity index (χ0) is 15.3. The first-order chi connectivity index (χ1) is 9.32. The molecule has 0 unspecified atom stereocenters. The summed E-state index contributed by atoms with van der Waals surface area (Å²) in [6.07, 6.45) is -2.88. The van der Waals surface area contributed by atoms with E-state index in [0.29, 0.717) is 4.31 Å². The smallest absolute Gasteiger partial charge is 0.252 e. The summed E-state index contributed by atoms with van der Waals surface area (Å²) in [5, 5.41) is 17.5. The highest BCUT2D eigenvalue weighted by Crippen LogP contribution is 2.23. The lowest BCUT2D eigenvalue weighted by atomic mass is 10.2. The lowest BCUT2D eigenvalue weighted by molar-refractivity contribution is 0.113. The molecule has 0 atom stereocenters. The Morgan fingerprint density at radius 2 is 2.10 bits per heavy atom. The summed E-state index contributed by atoms with van der Waals surface area (Å²) < 4.78 is 49.7. The van der Waals surface area contributed by atoms with Crippen LogP contribution in [0, 0.1) is 11.3 Å². The molecule has 110 valence electrons. The molecule has 3 N–H and O–H groups in total. The maximum atomic E-state index is 12.4. The molecule has 0 saturated carbocycles. The zero-order valence-corrected chi connectivity index (χ0v) is 11.1. The lowest BCUT2D eigenvalue weighted by Crippen LogP contribution is -2.37. The largest absolute Gasteiger partial charge is 0.398 e. The van der Waals surface area contributed by atoms with Gasteiger partial charge in [0.1, 0.15) is 4.90 Å². The Hall–Kier alpha value is -1.76. The van der Waals surface area contributed by atoms with Crippen molar-refractivity contribution >= 4 is 15.7 Å². The predicted molar refractivity (Wildman–Crippen MR) is 67.4 cm³/mol. The van der Waals surface area contributed by atoms with Gasteiger partial charge >= 0.3 is 0 Å². The van der Waals surface area contributed by atoms with Crippen molar-refractivity contribution in [3.63, 3.8) is 0 Å². The summed E-state index contributed by atoms with van der Waals surface area (Å²) in [7, 11) is -4.26. The molecule has 1 aromatic rings. The van der Waals surface area contributed by atoms with Gasteiger partial charge in [-0.05, 0) is 18.2 Å². The lowest BCUT2D eigenvalue weighted by Gasteiger charge is -2.21. The summed E-state index contributed by atoms with van der Waals surface area (Å²) in [5.41, 5.74) is 5.49. The summed E-state index contributed by atoms with van der Waals surface area (Å²) >= 11 is 0. The number of nitriles is 1. The number of nitrogens with zero attached hydrogens (tertiary/aromatic N) is 2. The number of anilines is 1. The first-order valence-corrected chi connectivity index (χ1v) is 6.95. The van der Waals surface area contributed by atoms with Crippen LogP contribution in [0.25, 0.3) is 0 Å². The van der Waals surface area contributed by atoms with E-state index >= 15 is 0 Å². The van der Waals surface area contributed by atoms with Gasteiger partial charge < -0.3 is 10.8 Å². The van der Waals surface area contributed by atoms with Crippen LogP contribution < -0.4 is 5.73 Å². The van der Waals surface area contributed by atoms with Crippen molar-refractivity contribution in [2.75, 3.05) is 25.4 Å². The maximum absolute atomic E-state index is 12.4. The minimum Gasteiger partial charge on any atom is -0.398 e. The Kier molecular flexibility index (Phi) is 5.38. The summed E-state index contributed by atoms with van der Waals surface area (Å²) in [6.45, 7) is -2.10. The molecule has 0 saturated heterocycles. The molecule has 9 heteroatoms. The Balaban J connectivity index is 3.23. The highest BCUT2D eigenvalue weighted by atomic mass is 32.2. The molecule has 0 bridgehead atoms. The molecule has 0 aliphatic carbocycles. The van der Waals surface area contributed by atoms with Crippen LogP contribution >= 0.6 is 0 Å². The van der Waals surface area contributed by atoms with E-state index in [0.717, 1.165) is 12.1 Å². The van der Waals surface area contributed by atoms with Gasteiger partial charge in [0.2, 0.25) is 10.0 Å². The number of benzene rings is 1. The Morgan fingerprint density at radius 1 is 1.45 bits per heavy atom. The molecule has 0 heterocycles. The molecule has 0 amide bonds. The van der Waals surface area contributed by atoms with Crippen LogP contribution in [-0.4, -0.2) is 44.0 Å². The zero-order valence-electron chi connectivity index (χ0n) is 10.3. The average Bonchev–Trinajstić information content (AvgIpc) is 2.37. The minimum absolute atomic E-state index is 0.156. The van der Waals surface area contributed by atoms with Crippen LogP contribution in [-0.2, 0) is 10.0 Å². The Bertz CT molecular complexity index is 614. The standard InChI is InChI=1S/C11H13F2N3O3S/c12-11(13)7-16(3-4-17)20(18,19)10-2-1-8(6-14)5-9(10)15/h1-2,5,11,17H,3-4,7,15H2. The highest BCUT2D eigenvalue weighted by molar-refractivity contribution is 7.89. The summed E-state index contributed by atoms with van der Waals surface area (Å²) in [5.74, 6) is 0. The number of hydrogen-bond donors (Lipinski definition) is 2. The number of nitrogen functional groups attached to an aromatic ring is 1. The number of nitrogens with two attached hydrogens (primary N) is 1. The van der Waals surface area contributed by atoms with Gasteiger partial charge in [0.05, 0.1) is 30.5 Å². The third-order valence-corrected chi connectivity index (χ3v) is 4.39. The fraction of sp³-hybridized carbons (Fsp3) is 0.364. The third-order valence-electron chi connectivity index (χ3n) is 2.45. The van der Waals surface area contributed by atoms with Gasteiger partial charge in [0.25, 0.3) is 6.43 Å². The fourth-order valence-electron chi connectivity index (χ4n) is 1.57. The van der Waals surface area contributed by atoms with Gasteiger partial charge in [-0.3, -0.25) is 0 Å². The molecule has 0 aliphatic rings. The SMILES string of the molecule is N#Cc1ccc(S(=O)(=O)N(CCO)CC(F)F)c(N)c1. The molecule has 0 radical (unpaired) electrons. The van der Waals surface area contributed by atoms with Gasteiger partial charge in [-0.2, -0.15) is 9.57 Å². The normalized spacial score (nSPS) is 11.8. The van der Waals surface area contributed by atoms with Crippen LogP contribution in [0.5, 0.6) is 0 Å². The average molecular weight is 305 g/mol. The molecule has 20 heavy (non-hydrogen) atoms. The van der Waals surface area contributed by atoms with E-state index in [1.165, 1.54) is 6.07 Å². The van der Waals surface area contributed by atoms with Crippen molar-refractivity contribution in [3.05, 3.63) is 23.8 Å². The van der Waals surface area contributed by atoms with E-state index in [2.05, 4.69) is 0 Å². The van der Waals surface area contributed by atoms with Gasteiger partial charge in [-0.25, -0.2) is 17.2 Å². The topological polar surface area (TPSA) is 107 Å². The summed E-state index contributed by atoms with van der Waals surface area (Å²) in [6, 6.07) is 5.24. The van der Waals surface area contributed by atoms with Crippen molar-refractivity contribution in [2.45, 2.75) is 11.3 Å². The molecule has 0 spiro atoms. The molecule has 1 aromatic carbocycles. The molecular formula is C11H13F2N3O3S. The van der Waals surface area contributed by atoms with Crippen LogP contribution in [0.4, 0.5) is 14.5 Å². The van der Waals surface area contributed by atoms with Crippen LogP contribution in [0.15, 0.2) is 23.1 Å². The van der Waals surface area contributed by atoms with E-state index in [-0.39, 0.29) is 16.1 Å². The number of aliphatic hydroxyl groups excluding tert-OH is 1. The van der Waals surface area contributed by atoms with E-state index in [1.807, 2.05) is 0 Å². The molecule has 1 rings (SSSR count). The Morgan fingerprint density at radius 3 is 2.55 bits per heavy atom. The number of rotatable bonds is 6. The quantitative estimate of drug-likeness (QED) is 0.739. The van der Waals surface area contributed by atoms with E-state index in [4.69, 9.17) is 16.1 Å². The van der Waals surface area contributed by atoms with Gasteiger partial charge in [0.15, 0.2) is 0 Å². The van der Waals surface area contributed by atoms with E-state index in [1.54, 1.807) is 6.07 Å². The van der Waals surface area contributed by atoms with Crippen LogP contribution in [0.1, 0.15) is 5.56 Å². The third kappa shape index (κ3) is 3.63. The summed E-state index contributed by atoms with van der Waals surface area (Å²) in [4.78, 5) is -0.370. The van der Waals surface area contributed by atoms with E-state index < -0.39 is 36.1 Å². The van der Waals surface area contributed by atoms with Crippen molar-refractivity contribution in [1.82, 2.24) is 4.31 Å². The number of sulfonamides is 1. The molecule has 0 aliphatic heterocycles. The number of hydrogen-bond acceptors (Lipinski definition) is 5. The predicted octanol–water partition coefficient (Wildman–Crippen LogP) is 0.389. The van der Waals surface area contributed by atoms with Crippen molar-refractivity contribution in [2.24, 2.45) is 0 Å². The second kappa shape index (κ2) is 6.60. The van der Waals surface area contributed by atoms with Gasteiger partial charge in [-0.15, -0.1) is 0 Å². The molecular weight excluding hydrogens is 292 g/mol. The van der Waals surface area contributed by atoms with Crippen molar-refractivity contribution in [1.29, 1.82) is 5.26 Å². The number of aliphatic hydroxyl groups is 1. The maximum Gasteiger partial charge on any atom is 0.252 e. The van der Waals surface area contributed by atoms with E-state index in [9.17, 15) is 17.2 Å². The molecule has 6 nitrogen and oxygen atoms in total. The Labute approximate surface area is 115 Å². The van der Waals surface area contributed by atoms with Crippen molar-refractivity contribution in [3.8, 4) is 6.07 Å². The second-order valence-corrected chi connectivity index (χ2v) is 5.75. The van der Waals surface area contributed by atoms with Gasteiger partial charge in [-0.1, -0.05) is 0 Å². The number of alkyl halides is 2. The minimum atomic E-state index is -4.26. The first-order valence-electron chi connectivity index (χ1n) is 5.51. The molecule has 0 fully saturated rings. The highest BCUT2D eigenvalue weighted by Gasteiger charge is 2.28. The second-order valence-electron chi connectivity index (χ2n) is 3.84. The van der Waals surface area contributed by atoms with Crippen LogP contribution in [0.3, 0.4) is 0 Å². The fourth-order valence-corrected chi connectivity index (χ4v) is 3.07. The number of halogens is 2. The van der Waals surface area contributed by atoms with Crippen molar-refractivity contribution < 1.29 is 22.3 Å². The van der Waals surface area contributed by atoms with Gasteiger partial charge in [0, 0.05) is 6.54 Å². The van der Waals surface area contributed by atoms with Crippen LogP contribution in [0.2, 0.25) is 0 Å². The molecule has 0 aromatic heterocycles. The monoisotopic (exact) mass is 305 g/mol. The first kappa shape index (κ1) is 16.3.